The minimum absolute atomic E-state index is 0.0174. The quantitative estimate of drug-likeness (QED) is 0.664. The van der Waals surface area contributed by atoms with E-state index in [1.807, 2.05) is 42.5 Å². The van der Waals surface area contributed by atoms with Crippen molar-refractivity contribution < 1.29 is 4.79 Å². The number of carbonyl (C=O) groups is 1. The number of hydrogen-bond donors (Lipinski definition) is 1. The molecule has 2 aromatic rings. The predicted octanol–water partition coefficient (Wildman–Crippen LogP) is 3.99. The molecule has 0 fully saturated rings. The third-order valence-electron chi connectivity index (χ3n) is 2.77. The van der Waals surface area contributed by atoms with Gasteiger partial charge in [-0.3, -0.25) is 4.79 Å². The van der Waals surface area contributed by atoms with Crippen LogP contribution in [0.5, 0.6) is 0 Å². The molecule has 0 spiro atoms. The summed E-state index contributed by atoms with van der Waals surface area (Å²) >= 11 is 7.55. The van der Waals surface area contributed by atoms with Crippen molar-refractivity contribution in [3.8, 4) is 11.8 Å². The summed E-state index contributed by atoms with van der Waals surface area (Å²) in [7, 11) is 0. The van der Waals surface area contributed by atoms with Crippen LogP contribution in [0, 0.1) is 11.8 Å². The molecule has 2 rings (SSSR count). The molecule has 0 saturated heterocycles. The number of hydrogen-bond acceptors (Lipinski definition) is 2. The number of benzene rings is 2. The van der Waals surface area contributed by atoms with Crippen LogP contribution in [0.25, 0.3) is 0 Å². The van der Waals surface area contributed by atoms with E-state index in [4.69, 9.17) is 11.6 Å². The second-order valence-electron chi connectivity index (χ2n) is 4.50. The topological polar surface area (TPSA) is 29.1 Å². The molecular formula is C18H16ClNOS. The van der Waals surface area contributed by atoms with E-state index in [1.165, 1.54) is 4.90 Å². The highest BCUT2D eigenvalue weighted by atomic mass is 35.5. The molecule has 0 aliphatic carbocycles. The van der Waals surface area contributed by atoms with Gasteiger partial charge in [0.2, 0.25) is 5.91 Å². The average Bonchev–Trinajstić information content (AvgIpc) is 2.53. The first kappa shape index (κ1) is 16.5. The van der Waals surface area contributed by atoms with Gasteiger partial charge in [-0.25, -0.2) is 0 Å². The van der Waals surface area contributed by atoms with E-state index in [0.717, 1.165) is 11.3 Å². The molecule has 0 aliphatic heterocycles. The van der Waals surface area contributed by atoms with Crippen LogP contribution in [-0.4, -0.2) is 18.2 Å². The average molecular weight is 330 g/mol. The summed E-state index contributed by atoms with van der Waals surface area (Å²) in [4.78, 5) is 12.9. The van der Waals surface area contributed by atoms with E-state index in [-0.39, 0.29) is 5.91 Å². The number of carbonyl (C=O) groups excluding carboxylic acids is 1. The van der Waals surface area contributed by atoms with Gasteiger partial charge in [-0.2, -0.15) is 0 Å². The highest BCUT2D eigenvalue weighted by molar-refractivity contribution is 7.99. The maximum absolute atomic E-state index is 11.7. The smallest absolute Gasteiger partial charge is 0.221 e. The standard InChI is InChI=1S/C18H16ClNOS/c19-16-8-4-6-15(14-16)7-5-12-20-18(21)11-13-22-17-9-2-1-3-10-17/h1-4,6,8-10,14H,11-13H2,(H,20,21). The van der Waals surface area contributed by atoms with E-state index < -0.39 is 0 Å². The second kappa shape index (κ2) is 9.19. The summed E-state index contributed by atoms with van der Waals surface area (Å²) in [5.74, 6) is 6.67. The maximum Gasteiger partial charge on any atom is 0.221 e. The number of amides is 1. The number of nitrogens with one attached hydrogen (secondary N) is 1. The highest BCUT2D eigenvalue weighted by Crippen LogP contribution is 2.17. The lowest BCUT2D eigenvalue weighted by Gasteiger charge is -2.02. The summed E-state index contributed by atoms with van der Waals surface area (Å²) in [5.41, 5.74) is 0.849. The summed E-state index contributed by atoms with van der Waals surface area (Å²) in [6, 6.07) is 17.4. The molecule has 4 heteroatoms. The predicted molar refractivity (Wildman–Crippen MR) is 93.1 cm³/mol. The minimum atomic E-state index is 0.0174. The summed E-state index contributed by atoms with van der Waals surface area (Å²) < 4.78 is 0. The molecular weight excluding hydrogens is 314 g/mol. The van der Waals surface area contributed by atoms with Gasteiger partial charge in [-0.1, -0.05) is 47.7 Å². The third kappa shape index (κ3) is 6.26. The van der Waals surface area contributed by atoms with Gasteiger partial charge in [0.1, 0.15) is 0 Å². The van der Waals surface area contributed by atoms with E-state index in [0.29, 0.717) is 18.0 Å². The third-order valence-corrected chi connectivity index (χ3v) is 4.02. The van der Waals surface area contributed by atoms with Gasteiger partial charge in [0, 0.05) is 27.7 Å². The van der Waals surface area contributed by atoms with Crippen molar-refractivity contribution in [2.24, 2.45) is 0 Å². The summed E-state index contributed by atoms with van der Waals surface area (Å²) in [5, 5.41) is 3.46. The Kier molecular flexibility index (Phi) is 6.89. The van der Waals surface area contributed by atoms with Gasteiger partial charge in [-0.05, 0) is 30.3 Å². The molecule has 2 nitrogen and oxygen atoms in total. The van der Waals surface area contributed by atoms with Crippen molar-refractivity contribution >= 4 is 29.3 Å². The fourth-order valence-corrected chi connectivity index (χ4v) is 2.78. The zero-order valence-electron chi connectivity index (χ0n) is 12.0. The number of halogens is 1. The SMILES string of the molecule is O=C(CCSc1ccccc1)NCC#Cc1cccc(Cl)c1. The monoisotopic (exact) mass is 329 g/mol. The normalized spacial score (nSPS) is 9.68. The fraction of sp³-hybridized carbons (Fsp3) is 0.167. The zero-order chi connectivity index (χ0) is 15.6. The fourth-order valence-electron chi connectivity index (χ4n) is 1.72. The maximum atomic E-state index is 11.7. The lowest BCUT2D eigenvalue weighted by Crippen LogP contribution is -2.23. The van der Waals surface area contributed by atoms with Crippen molar-refractivity contribution in [2.75, 3.05) is 12.3 Å². The van der Waals surface area contributed by atoms with E-state index in [1.54, 1.807) is 23.9 Å². The van der Waals surface area contributed by atoms with E-state index in [2.05, 4.69) is 17.2 Å². The summed E-state index contributed by atoms with van der Waals surface area (Å²) in [6.45, 7) is 0.349. The van der Waals surface area contributed by atoms with Crippen LogP contribution in [0.15, 0.2) is 59.5 Å². The molecule has 0 aliphatic rings. The van der Waals surface area contributed by atoms with Crippen molar-refractivity contribution in [1.29, 1.82) is 0 Å². The first-order chi connectivity index (χ1) is 10.7. The first-order valence-electron chi connectivity index (χ1n) is 6.93. The molecule has 0 saturated carbocycles. The Morgan fingerprint density at radius 1 is 1.14 bits per heavy atom. The molecule has 0 bridgehead atoms. The minimum Gasteiger partial charge on any atom is -0.345 e. The molecule has 2 aromatic carbocycles. The molecule has 0 heterocycles. The largest absolute Gasteiger partial charge is 0.345 e. The lowest BCUT2D eigenvalue weighted by molar-refractivity contribution is -0.120. The van der Waals surface area contributed by atoms with E-state index in [9.17, 15) is 4.79 Å². The number of thioether (sulfide) groups is 1. The molecule has 22 heavy (non-hydrogen) atoms. The molecule has 0 aromatic heterocycles. The van der Waals surface area contributed by atoms with Crippen molar-refractivity contribution in [1.82, 2.24) is 5.32 Å². The molecule has 1 amide bonds. The van der Waals surface area contributed by atoms with Crippen LogP contribution in [0.3, 0.4) is 0 Å². The van der Waals surface area contributed by atoms with Crippen LogP contribution in [0.4, 0.5) is 0 Å². The second-order valence-corrected chi connectivity index (χ2v) is 6.11. The van der Waals surface area contributed by atoms with Crippen LogP contribution in [0.1, 0.15) is 12.0 Å². The van der Waals surface area contributed by atoms with Crippen molar-refractivity contribution in [3.05, 3.63) is 65.2 Å². The first-order valence-corrected chi connectivity index (χ1v) is 8.29. The van der Waals surface area contributed by atoms with Crippen molar-refractivity contribution in [2.45, 2.75) is 11.3 Å². The van der Waals surface area contributed by atoms with Crippen LogP contribution in [-0.2, 0) is 4.79 Å². The zero-order valence-corrected chi connectivity index (χ0v) is 13.6. The molecule has 1 N–H and O–H groups in total. The van der Waals surface area contributed by atoms with Gasteiger partial charge in [0.25, 0.3) is 0 Å². The molecule has 112 valence electrons. The lowest BCUT2D eigenvalue weighted by atomic mass is 10.2. The Bertz CT molecular complexity index is 676. The Morgan fingerprint density at radius 3 is 2.73 bits per heavy atom. The summed E-state index contributed by atoms with van der Waals surface area (Å²) in [6.07, 6.45) is 0.485. The Hall–Kier alpha value is -1.89. The van der Waals surface area contributed by atoms with Gasteiger partial charge in [0.15, 0.2) is 0 Å². The molecule has 0 radical (unpaired) electrons. The Balaban J connectivity index is 1.66. The molecule has 0 atom stereocenters. The van der Waals surface area contributed by atoms with E-state index >= 15 is 0 Å². The van der Waals surface area contributed by atoms with Crippen LogP contribution in [0.2, 0.25) is 5.02 Å². The van der Waals surface area contributed by atoms with Gasteiger partial charge < -0.3 is 5.32 Å². The Labute approximate surface area is 140 Å². The van der Waals surface area contributed by atoms with Crippen molar-refractivity contribution in [3.63, 3.8) is 0 Å². The Morgan fingerprint density at radius 2 is 1.95 bits per heavy atom. The van der Waals surface area contributed by atoms with Crippen LogP contribution >= 0.6 is 23.4 Å². The highest BCUT2D eigenvalue weighted by Gasteiger charge is 2.00. The van der Waals surface area contributed by atoms with Gasteiger partial charge in [-0.15, -0.1) is 11.8 Å². The number of rotatable bonds is 5. The molecule has 0 unspecified atom stereocenters. The van der Waals surface area contributed by atoms with Gasteiger partial charge in [0.05, 0.1) is 6.54 Å². The van der Waals surface area contributed by atoms with Crippen LogP contribution < -0.4 is 5.32 Å². The van der Waals surface area contributed by atoms with Gasteiger partial charge >= 0.3 is 0 Å².